The number of nitrogens with zero attached hydrogens (tertiary/aromatic N) is 6. The van der Waals surface area contributed by atoms with Crippen molar-refractivity contribution in [3.05, 3.63) is 42.4 Å². The van der Waals surface area contributed by atoms with Crippen molar-refractivity contribution in [1.82, 2.24) is 34.9 Å². The van der Waals surface area contributed by atoms with Crippen molar-refractivity contribution < 1.29 is 8.78 Å². The van der Waals surface area contributed by atoms with E-state index in [1.54, 1.807) is 12.3 Å². The van der Waals surface area contributed by atoms with Gasteiger partial charge in [-0.15, -0.1) is 0 Å². The Bertz CT molecular complexity index is 1170. The Balaban J connectivity index is 1.46. The predicted molar refractivity (Wildman–Crippen MR) is 102 cm³/mol. The number of hydrogen-bond acceptors (Lipinski definition) is 7. The number of aromatic nitrogens is 7. The first kappa shape index (κ1) is 17.5. The number of halogens is 2. The number of anilines is 2. The number of aromatic amines is 1. The number of benzene rings is 1. The van der Waals surface area contributed by atoms with Crippen LogP contribution in [0.15, 0.2) is 36.7 Å². The van der Waals surface area contributed by atoms with E-state index in [9.17, 15) is 8.78 Å². The summed E-state index contributed by atoms with van der Waals surface area (Å²) in [5.41, 5.74) is 8.09. The maximum absolute atomic E-state index is 12.9. The second-order valence-corrected chi connectivity index (χ2v) is 6.97. The van der Waals surface area contributed by atoms with Crippen molar-refractivity contribution in [2.75, 3.05) is 11.1 Å². The van der Waals surface area contributed by atoms with Crippen LogP contribution in [0.2, 0.25) is 0 Å². The van der Waals surface area contributed by atoms with Crippen molar-refractivity contribution in [2.24, 2.45) is 5.92 Å². The maximum atomic E-state index is 12.9. The molecule has 1 saturated carbocycles. The van der Waals surface area contributed by atoms with Crippen LogP contribution >= 0.6 is 0 Å². The molecule has 0 unspecified atom stereocenters. The largest absolute Gasteiger partial charge is 0.368 e. The first-order valence-corrected chi connectivity index (χ1v) is 9.11. The Labute approximate surface area is 163 Å². The number of rotatable bonds is 6. The van der Waals surface area contributed by atoms with Gasteiger partial charge in [0, 0.05) is 17.1 Å². The fourth-order valence-corrected chi connectivity index (χ4v) is 3.30. The Morgan fingerprint density at radius 1 is 1.17 bits per heavy atom. The summed E-state index contributed by atoms with van der Waals surface area (Å²) >= 11 is 0. The summed E-state index contributed by atoms with van der Waals surface area (Å²) < 4.78 is 26.4. The lowest BCUT2D eigenvalue weighted by Gasteiger charge is -2.16. The van der Waals surface area contributed by atoms with Crippen LogP contribution in [0.3, 0.4) is 0 Å². The number of nitrogens with one attached hydrogen (secondary N) is 2. The number of hydrogen-bond donors (Lipinski definition) is 3. The number of nitrogens with two attached hydrogens (primary N) is 1. The number of nitrogen functional groups attached to an aromatic ring is 1. The predicted octanol–water partition coefficient (Wildman–Crippen LogP) is 3.15. The van der Waals surface area contributed by atoms with E-state index >= 15 is 0 Å². The lowest BCUT2D eigenvalue weighted by molar-refractivity contribution is 0.0560. The lowest BCUT2D eigenvalue weighted by atomic mass is 10.1. The molecule has 148 valence electrons. The molecule has 9 nitrogen and oxygen atoms in total. The summed E-state index contributed by atoms with van der Waals surface area (Å²) in [5, 5.41) is 15.0. The molecule has 0 radical (unpaired) electrons. The zero-order valence-corrected chi connectivity index (χ0v) is 15.1. The highest BCUT2D eigenvalue weighted by Gasteiger charge is 2.35. The van der Waals surface area contributed by atoms with Crippen molar-refractivity contribution in [3.8, 4) is 11.4 Å². The Morgan fingerprint density at radius 2 is 2.03 bits per heavy atom. The van der Waals surface area contributed by atoms with Gasteiger partial charge in [0.1, 0.15) is 0 Å². The molecule has 1 aliphatic carbocycles. The minimum Gasteiger partial charge on any atom is -0.368 e. The average Bonchev–Trinajstić information content (AvgIpc) is 3.23. The Morgan fingerprint density at radius 3 is 2.79 bits per heavy atom. The SMILES string of the molecule is Nc1nc(N[C@@H](c2ccn(C(F)F)n2)C2CC2)nc(-c2ccc3[nH]ncc3c2)n1. The van der Waals surface area contributed by atoms with Crippen LogP contribution in [0, 0.1) is 5.92 Å². The average molecular weight is 397 g/mol. The summed E-state index contributed by atoms with van der Waals surface area (Å²) in [5.74, 6) is 1.04. The summed E-state index contributed by atoms with van der Waals surface area (Å²) in [4.78, 5) is 12.9. The highest BCUT2D eigenvalue weighted by atomic mass is 19.3. The molecule has 0 saturated heterocycles. The third kappa shape index (κ3) is 3.46. The number of H-pyrrole nitrogens is 1. The molecule has 0 spiro atoms. The van der Waals surface area contributed by atoms with Crippen LogP contribution < -0.4 is 11.1 Å². The molecule has 4 aromatic rings. The first-order valence-electron chi connectivity index (χ1n) is 9.11. The molecule has 3 heterocycles. The highest BCUT2D eigenvalue weighted by molar-refractivity contribution is 5.82. The maximum Gasteiger partial charge on any atom is 0.333 e. The van der Waals surface area contributed by atoms with E-state index in [1.165, 1.54) is 6.20 Å². The quantitative estimate of drug-likeness (QED) is 0.457. The molecule has 5 rings (SSSR count). The third-order valence-corrected chi connectivity index (χ3v) is 4.88. The smallest absolute Gasteiger partial charge is 0.333 e. The van der Waals surface area contributed by atoms with Gasteiger partial charge in [0.15, 0.2) is 5.82 Å². The molecular weight excluding hydrogens is 380 g/mol. The molecule has 4 N–H and O–H groups in total. The van der Waals surface area contributed by atoms with Gasteiger partial charge in [0.25, 0.3) is 0 Å². The molecule has 29 heavy (non-hydrogen) atoms. The molecular formula is C18H17F2N9. The van der Waals surface area contributed by atoms with Gasteiger partial charge in [-0.3, -0.25) is 5.10 Å². The van der Waals surface area contributed by atoms with Crippen molar-refractivity contribution in [3.63, 3.8) is 0 Å². The van der Waals surface area contributed by atoms with Gasteiger partial charge in [-0.2, -0.15) is 33.9 Å². The molecule has 1 atom stereocenters. The minimum atomic E-state index is -2.68. The van der Waals surface area contributed by atoms with E-state index in [2.05, 4.69) is 35.6 Å². The molecule has 11 heteroatoms. The molecule has 1 aromatic carbocycles. The number of fused-ring (bicyclic) bond motifs is 1. The Hall–Kier alpha value is -3.63. The van der Waals surface area contributed by atoms with Crippen LogP contribution in [0.25, 0.3) is 22.3 Å². The fourth-order valence-electron chi connectivity index (χ4n) is 3.30. The standard InChI is InChI=1S/C18H17F2N9/c19-16(20)29-6-5-13(28-29)14(9-1-2-9)23-18-25-15(24-17(21)26-18)10-3-4-12-11(7-10)8-22-27-12/h3-9,14,16H,1-2H2,(H,22,27)(H3,21,23,24,25,26)/t14-/m1/s1. The first-order chi connectivity index (χ1) is 14.1. The van der Waals surface area contributed by atoms with Gasteiger partial charge in [0.05, 0.1) is 23.4 Å². The fraction of sp³-hybridized carbons (Fsp3) is 0.278. The van der Waals surface area contributed by atoms with Gasteiger partial charge < -0.3 is 11.1 Å². The van der Waals surface area contributed by atoms with Crippen LogP contribution in [0.1, 0.15) is 31.1 Å². The van der Waals surface area contributed by atoms with Gasteiger partial charge in [-0.25, -0.2) is 4.68 Å². The van der Waals surface area contributed by atoms with Crippen molar-refractivity contribution in [1.29, 1.82) is 0 Å². The lowest BCUT2D eigenvalue weighted by Crippen LogP contribution is -2.17. The monoisotopic (exact) mass is 397 g/mol. The third-order valence-electron chi connectivity index (χ3n) is 4.88. The minimum absolute atomic E-state index is 0.0671. The molecule has 3 aromatic heterocycles. The van der Waals surface area contributed by atoms with Crippen LogP contribution in [-0.4, -0.2) is 34.9 Å². The van der Waals surface area contributed by atoms with Crippen LogP contribution in [-0.2, 0) is 0 Å². The van der Waals surface area contributed by atoms with Gasteiger partial charge in [-0.1, -0.05) is 0 Å². The molecule has 0 bridgehead atoms. The topological polar surface area (TPSA) is 123 Å². The summed E-state index contributed by atoms with van der Waals surface area (Å²) in [6, 6.07) is 6.96. The molecule has 1 aliphatic rings. The second kappa shape index (κ2) is 6.76. The van der Waals surface area contributed by atoms with E-state index in [1.807, 2.05) is 18.2 Å². The molecule has 1 fully saturated rings. The van der Waals surface area contributed by atoms with Crippen molar-refractivity contribution >= 4 is 22.8 Å². The van der Waals surface area contributed by atoms with Gasteiger partial charge in [-0.05, 0) is 43.0 Å². The van der Waals surface area contributed by atoms with Crippen LogP contribution in [0.4, 0.5) is 20.7 Å². The normalized spacial score (nSPS) is 15.1. The van der Waals surface area contributed by atoms with E-state index in [0.29, 0.717) is 16.2 Å². The summed E-state index contributed by atoms with van der Waals surface area (Å²) in [6.45, 7) is -2.68. The zero-order valence-electron chi connectivity index (χ0n) is 15.1. The van der Waals surface area contributed by atoms with E-state index in [-0.39, 0.29) is 23.9 Å². The zero-order chi connectivity index (χ0) is 20.0. The van der Waals surface area contributed by atoms with E-state index < -0.39 is 6.55 Å². The number of alkyl halides is 2. The summed E-state index contributed by atoms with van der Waals surface area (Å²) in [7, 11) is 0. The Kier molecular flexibility index (Phi) is 4.07. The van der Waals surface area contributed by atoms with E-state index in [0.717, 1.165) is 29.3 Å². The van der Waals surface area contributed by atoms with E-state index in [4.69, 9.17) is 5.73 Å². The molecule has 0 amide bonds. The van der Waals surface area contributed by atoms with Crippen LogP contribution in [0.5, 0.6) is 0 Å². The highest BCUT2D eigenvalue weighted by Crippen LogP contribution is 2.42. The second-order valence-electron chi connectivity index (χ2n) is 6.97. The van der Waals surface area contributed by atoms with Gasteiger partial charge in [0.2, 0.25) is 11.9 Å². The van der Waals surface area contributed by atoms with Crippen molar-refractivity contribution in [2.45, 2.75) is 25.4 Å². The summed E-state index contributed by atoms with van der Waals surface area (Å²) in [6.07, 6.45) is 4.93. The van der Waals surface area contributed by atoms with Gasteiger partial charge >= 0.3 is 6.55 Å². The molecule has 0 aliphatic heterocycles.